The van der Waals surface area contributed by atoms with Crippen LogP contribution in [0.2, 0.25) is 20.4 Å². The van der Waals surface area contributed by atoms with Gasteiger partial charge in [0.05, 0.1) is 48.6 Å². The molecule has 266 valence electrons. The van der Waals surface area contributed by atoms with E-state index in [0.29, 0.717) is 20.8 Å². The van der Waals surface area contributed by atoms with Crippen LogP contribution in [0.1, 0.15) is 31.1 Å². The average Bonchev–Trinajstić information content (AvgIpc) is 3.11. The predicted octanol–water partition coefficient (Wildman–Crippen LogP) is 8.64. The van der Waals surface area contributed by atoms with Gasteiger partial charge in [-0.15, -0.1) is 0 Å². The van der Waals surface area contributed by atoms with Crippen molar-refractivity contribution in [1.29, 1.82) is 0 Å². The second-order valence-corrected chi connectivity index (χ2v) is 11.5. The van der Waals surface area contributed by atoms with Gasteiger partial charge in [0.15, 0.2) is 0 Å². The van der Waals surface area contributed by atoms with E-state index in [2.05, 4.69) is 9.97 Å². The van der Waals surface area contributed by atoms with Gasteiger partial charge in [-0.2, -0.15) is 0 Å². The van der Waals surface area contributed by atoms with Gasteiger partial charge in [-0.25, -0.2) is 14.9 Å². The molecule has 0 bridgehead atoms. The van der Waals surface area contributed by atoms with Crippen LogP contribution in [-0.4, -0.2) is 41.8 Å². The molecule has 0 saturated carbocycles. The van der Waals surface area contributed by atoms with E-state index in [9.17, 15) is 44.7 Å². The van der Waals surface area contributed by atoms with Crippen molar-refractivity contribution >= 4 is 103 Å². The van der Waals surface area contributed by atoms with Gasteiger partial charge in [0.1, 0.15) is 27.0 Å². The zero-order valence-corrected chi connectivity index (χ0v) is 29.3. The first-order valence-corrected chi connectivity index (χ1v) is 15.6. The van der Waals surface area contributed by atoms with Crippen LogP contribution in [0.3, 0.4) is 0 Å². The summed E-state index contributed by atoms with van der Waals surface area (Å²) in [5.41, 5.74) is 3.20. The van der Waals surface area contributed by atoms with E-state index in [0.717, 1.165) is 36.5 Å². The van der Waals surface area contributed by atoms with Gasteiger partial charge in [-0.05, 0) is 41.9 Å². The van der Waals surface area contributed by atoms with Crippen molar-refractivity contribution in [3.05, 3.63) is 165 Å². The van der Waals surface area contributed by atoms with E-state index in [1.54, 1.807) is 0 Å². The minimum absolute atomic E-state index is 0.0371. The van der Waals surface area contributed by atoms with Gasteiger partial charge in [0.25, 0.3) is 34.1 Å². The monoisotopic (exact) mass is 807 g/mol. The smallest absolute Gasteiger partial charge is 0.282 e. The van der Waals surface area contributed by atoms with Crippen LogP contribution in [0.25, 0.3) is 0 Å². The van der Waals surface area contributed by atoms with E-state index in [1.807, 2.05) is 0 Å². The summed E-state index contributed by atoms with van der Waals surface area (Å²) in [6.07, 6.45) is 2.44. The van der Waals surface area contributed by atoms with Crippen molar-refractivity contribution in [2.75, 3.05) is 10.6 Å². The molecule has 2 amide bonds. The maximum Gasteiger partial charge on any atom is 0.282 e. The molecule has 0 aliphatic carbocycles. The number of nitro benzene ring substituents is 3. The van der Waals surface area contributed by atoms with E-state index in [-0.39, 0.29) is 27.1 Å². The molecule has 0 radical (unpaired) electrons. The van der Waals surface area contributed by atoms with E-state index >= 15 is 0 Å². The van der Waals surface area contributed by atoms with E-state index < -0.39 is 54.3 Å². The molecule has 16 nitrogen and oxygen atoms in total. The fraction of sp³-hybridized carbons (Fsp3) is 0. The zero-order chi connectivity index (χ0) is 38.7. The summed E-state index contributed by atoms with van der Waals surface area (Å²) in [5, 5.41) is 32.9. The molecule has 0 saturated heterocycles. The lowest BCUT2D eigenvalue weighted by Gasteiger charge is -2.22. The van der Waals surface area contributed by atoms with Crippen molar-refractivity contribution in [2.24, 2.45) is 0 Å². The van der Waals surface area contributed by atoms with Crippen molar-refractivity contribution in [1.82, 2.24) is 9.97 Å². The minimum atomic E-state index is -1.12. The molecule has 0 atom stereocenters. The largest absolute Gasteiger partial charge is 0.396 e. The Morgan fingerprint density at radius 1 is 0.596 bits per heavy atom. The van der Waals surface area contributed by atoms with Crippen LogP contribution in [0.15, 0.2) is 97.3 Å². The van der Waals surface area contributed by atoms with Crippen molar-refractivity contribution in [3.63, 3.8) is 0 Å². The number of hydrogen-bond acceptors (Lipinski definition) is 12. The summed E-state index contributed by atoms with van der Waals surface area (Å²) in [7, 11) is 0. The molecule has 3 aromatic carbocycles. The second-order valence-electron chi connectivity index (χ2n) is 9.53. The number of halogens is 5. The standard InChI is InChI=1S/C19H10Cl2N4O6.C7H4ClNO3.C5H4Cl2N2/c20-13-9-17(21)22-10-16(13)23(18(26)11-5-1-3-7-14(11)24(28)29)19(27)12-6-2-4-8-15(12)25(30)31;8-7(10)5-3-1-2-4-6(5)9(11)12;6-3-1-5(7)9-2-4(3)8/h1-10H;1-4H;1-2H,8H2. The van der Waals surface area contributed by atoms with Crippen LogP contribution >= 0.6 is 58.0 Å². The summed E-state index contributed by atoms with van der Waals surface area (Å²) in [5.74, 6) is -2.25. The van der Waals surface area contributed by atoms with Gasteiger partial charge in [-0.1, -0.05) is 82.8 Å². The Kier molecular flexibility index (Phi) is 14.4. The third kappa shape index (κ3) is 10.4. The lowest BCUT2D eigenvalue weighted by Crippen LogP contribution is -2.38. The lowest BCUT2D eigenvalue weighted by molar-refractivity contribution is -0.385. The Bertz CT molecular complexity index is 2110. The van der Waals surface area contributed by atoms with Crippen LogP contribution in [-0.2, 0) is 0 Å². The molecule has 0 unspecified atom stereocenters. The van der Waals surface area contributed by atoms with Crippen molar-refractivity contribution in [3.8, 4) is 0 Å². The Morgan fingerprint density at radius 3 is 1.31 bits per heavy atom. The quantitative estimate of drug-likeness (QED) is 0.0534. The van der Waals surface area contributed by atoms with Crippen molar-refractivity contribution in [2.45, 2.75) is 0 Å². The Morgan fingerprint density at radius 2 is 0.962 bits per heavy atom. The number of anilines is 2. The maximum absolute atomic E-state index is 13.3. The SMILES string of the molecule is Nc1cnc(Cl)cc1Cl.O=C(Cl)c1ccccc1[N+](=O)[O-].O=C(c1ccccc1[N+](=O)[O-])N(C(=O)c1ccccc1[N+](=O)[O-])c1cnc(Cl)cc1Cl. The Balaban J connectivity index is 0.000000281. The molecule has 52 heavy (non-hydrogen) atoms. The number of pyridine rings is 2. The summed E-state index contributed by atoms with van der Waals surface area (Å²) in [6, 6.07) is 18.1. The molecule has 5 aromatic rings. The van der Waals surface area contributed by atoms with Crippen LogP contribution < -0.4 is 10.6 Å². The first kappa shape index (κ1) is 40.6. The number of carbonyl (C=O) groups excluding carboxylic acids is 3. The lowest BCUT2D eigenvalue weighted by atomic mass is 10.1. The van der Waals surface area contributed by atoms with Gasteiger partial charge >= 0.3 is 0 Å². The minimum Gasteiger partial charge on any atom is -0.396 e. The number of carbonyl (C=O) groups is 3. The highest BCUT2D eigenvalue weighted by Crippen LogP contribution is 2.33. The molecule has 0 spiro atoms. The number of amides is 2. The fourth-order valence-electron chi connectivity index (χ4n) is 3.96. The highest BCUT2D eigenvalue weighted by Gasteiger charge is 2.35. The summed E-state index contributed by atoms with van der Waals surface area (Å²) < 4.78 is 0. The number of rotatable bonds is 7. The first-order chi connectivity index (χ1) is 24.5. The number of nitrogens with zero attached hydrogens (tertiary/aromatic N) is 6. The van der Waals surface area contributed by atoms with E-state index in [1.165, 1.54) is 60.8 Å². The van der Waals surface area contributed by atoms with Gasteiger partial charge < -0.3 is 5.73 Å². The maximum atomic E-state index is 13.3. The summed E-state index contributed by atoms with van der Waals surface area (Å²) >= 11 is 28.1. The molecular formula is C31H18Cl5N7O9. The second kappa shape index (κ2) is 18.5. The molecule has 2 heterocycles. The van der Waals surface area contributed by atoms with Crippen LogP contribution in [0.4, 0.5) is 28.4 Å². The molecule has 0 fully saturated rings. The zero-order valence-electron chi connectivity index (χ0n) is 25.6. The average molecular weight is 810 g/mol. The van der Waals surface area contributed by atoms with Gasteiger partial charge in [0.2, 0.25) is 0 Å². The molecule has 2 aromatic heterocycles. The summed E-state index contributed by atoms with van der Waals surface area (Å²) in [4.78, 5) is 76.1. The van der Waals surface area contributed by atoms with E-state index in [4.69, 9.17) is 63.7 Å². The Hall–Kier alpha value is -5.78. The van der Waals surface area contributed by atoms with Crippen LogP contribution in [0, 0.1) is 30.3 Å². The number of nitrogen functional groups attached to an aromatic ring is 1. The predicted molar refractivity (Wildman–Crippen MR) is 194 cm³/mol. The molecule has 2 N–H and O–H groups in total. The highest BCUT2D eigenvalue weighted by molar-refractivity contribution is 6.68. The number of nitrogens with two attached hydrogens (primary N) is 1. The third-order valence-electron chi connectivity index (χ3n) is 6.27. The number of imide groups is 1. The highest BCUT2D eigenvalue weighted by atomic mass is 35.5. The normalized spacial score (nSPS) is 10.0. The Labute approximate surface area is 316 Å². The van der Waals surface area contributed by atoms with Crippen molar-refractivity contribution < 1.29 is 29.2 Å². The molecule has 0 aliphatic heterocycles. The van der Waals surface area contributed by atoms with Crippen LogP contribution in [0.5, 0.6) is 0 Å². The molecule has 0 aliphatic rings. The third-order valence-corrected chi connectivity index (χ3v) is 7.52. The number of hydrogen-bond donors (Lipinski definition) is 1. The molecule has 5 rings (SSSR count). The number of benzene rings is 3. The number of aromatic nitrogens is 2. The van der Waals surface area contributed by atoms with Gasteiger partial charge in [-0.3, -0.25) is 44.7 Å². The molecular weight excluding hydrogens is 792 g/mol. The fourth-order valence-corrected chi connectivity index (χ4v) is 4.94. The number of nitro groups is 3. The first-order valence-electron chi connectivity index (χ1n) is 13.7. The summed E-state index contributed by atoms with van der Waals surface area (Å²) in [6.45, 7) is 0. The number of para-hydroxylation sites is 3. The molecule has 21 heteroatoms. The van der Waals surface area contributed by atoms with Gasteiger partial charge in [0, 0.05) is 18.2 Å². The topological polar surface area (TPSA) is 236 Å².